The van der Waals surface area contributed by atoms with Gasteiger partial charge in [-0.05, 0) is 30.7 Å². The van der Waals surface area contributed by atoms with Crippen LogP contribution in [-0.4, -0.2) is 12.9 Å². The number of allylic oxidation sites excluding steroid dienone is 2. The minimum atomic E-state index is 0.123. The molecule has 2 heteroatoms. The van der Waals surface area contributed by atoms with Gasteiger partial charge < -0.3 is 4.74 Å². The summed E-state index contributed by atoms with van der Waals surface area (Å²) in [6, 6.07) is 7.52. The molecule has 0 heterocycles. The van der Waals surface area contributed by atoms with E-state index in [1.165, 1.54) is 0 Å². The van der Waals surface area contributed by atoms with E-state index < -0.39 is 0 Å². The molecule has 0 spiro atoms. The second-order valence-electron chi connectivity index (χ2n) is 2.99. The number of carbonyl (C=O) groups is 1. The van der Waals surface area contributed by atoms with Crippen LogP contribution >= 0.6 is 0 Å². The predicted octanol–water partition coefficient (Wildman–Crippen LogP) is 2.38. The molecule has 0 atom stereocenters. The normalized spacial score (nSPS) is 10.4. The smallest absolute Gasteiger partial charge is 0.159 e. The van der Waals surface area contributed by atoms with Gasteiger partial charge >= 0.3 is 0 Å². The maximum absolute atomic E-state index is 11.2. The van der Waals surface area contributed by atoms with E-state index in [9.17, 15) is 4.79 Å². The highest BCUT2D eigenvalue weighted by atomic mass is 16.5. The molecule has 0 amide bonds. The van der Waals surface area contributed by atoms with Crippen molar-refractivity contribution in [3.05, 3.63) is 42.0 Å². The molecule has 0 aromatic heterocycles. The average Bonchev–Trinajstić information content (AvgIpc) is 2.19. The number of rotatable bonds is 4. The van der Waals surface area contributed by atoms with Gasteiger partial charge in [0.1, 0.15) is 5.75 Å². The van der Waals surface area contributed by atoms with Gasteiger partial charge in [0.15, 0.2) is 5.78 Å². The Kier molecular flexibility index (Phi) is 3.92. The summed E-state index contributed by atoms with van der Waals surface area (Å²) in [5.74, 6) is 0.935. The Morgan fingerprint density at radius 1 is 1.36 bits per heavy atom. The molecule has 0 aliphatic rings. The molecule has 0 bridgehead atoms. The molecule has 0 N–H and O–H groups in total. The maximum atomic E-state index is 11.2. The van der Waals surface area contributed by atoms with Crippen LogP contribution in [0.15, 0.2) is 36.4 Å². The van der Waals surface area contributed by atoms with Gasteiger partial charge in [0, 0.05) is 6.42 Å². The maximum Gasteiger partial charge on any atom is 0.159 e. The largest absolute Gasteiger partial charge is 0.497 e. The van der Waals surface area contributed by atoms with E-state index in [0.717, 1.165) is 11.3 Å². The Morgan fingerprint density at radius 3 is 2.50 bits per heavy atom. The van der Waals surface area contributed by atoms with Gasteiger partial charge in [-0.1, -0.05) is 18.2 Å². The van der Waals surface area contributed by atoms with E-state index in [1.807, 2.05) is 31.2 Å². The summed E-state index contributed by atoms with van der Waals surface area (Å²) >= 11 is 0. The predicted molar refractivity (Wildman–Crippen MR) is 56.5 cm³/mol. The van der Waals surface area contributed by atoms with Crippen molar-refractivity contribution in [1.82, 2.24) is 0 Å². The second kappa shape index (κ2) is 5.22. The molecule has 1 aromatic carbocycles. The molecule has 1 aromatic rings. The minimum Gasteiger partial charge on any atom is -0.497 e. The van der Waals surface area contributed by atoms with Crippen LogP contribution < -0.4 is 4.74 Å². The lowest BCUT2D eigenvalue weighted by atomic mass is 10.1. The number of hydrogen-bond acceptors (Lipinski definition) is 2. The molecule has 1 rings (SSSR count). The lowest BCUT2D eigenvalue weighted by Crippen LogP contribution is -1.97. The monoisotopic (exact) mass is 190 g/mol. The number of benzene rings is 1. The lowest BCUT2D eigenvalue weighted by Gasteiger charge is -2.00. The molecule has 0 unspecified atom stereocenters. The summed E-state index contributed by atoms with van der Waals surface area (Å²) < 4.78 is 5.02. The van der Waals surface area contributed by atoms with Crippen LogP contribution in [0.5, 0.6) is 5.75 Å². The van der Waals surface area contributed by atoms with Crippen molar-refractivity contribution in [2.24, 2.45) is 0 Å². The minimum absolute atomic E-state index is 0.123. The summed E-state index contributed by atoms with van der Waals surface area (Å²) in [6.07, 6.45) is 3.80. The first-order valence-electron chi connectivity index (χ1n) is 4.54. The van der Waals surface area contributed by atoms with E-state index in [2.05, 4.69) is 0 Å². The van der Waals surface area contributed by atoms with Crippen molar-refractivity contribution in [1.29, 1.82) is 0 Å². The topological polar surface area (TPSA) is 26.3 Å². The zero-order valence-corrected chi connectivity index (χ0v) is 8.49. The molecular formula is C12H14O2. The zero-order valence-electron chi connectivity index (χ0n) is 8.49. The summed E-state index contributed by atoms with van der Waals surface area (Å²) in [6.45, 7) is 1.84. The third kappa shape index (κ3) is 3.05. The summed E-state index contributed by atoms with van der Waals surface area (Å²) in [7, 11) is 1.62. The first kappa shape index (κ1) is 10.5. The first-order chi connectivity index (χ1) is 6.76. The molecule has 74 valence electrons. The number of methoxy groups -OCH3 is 1. The Balaban J connectivity index is 2.64. The molecule has 2 nitrogen and oxygen atoms in total. The molecule has 0 saturated carbocycles. The number of ether oxygens (including phenoxy) is 1. The fourth-order valence-electron chi connectivity index (χ4n) is 1.19. The Labute approximate surface area is 84.2 Å². The summed E-state index contributed by atoms with van der Waals surface area (Å²) in [5, 5.41) is 0. The highest BCUT2D eigenvalue weighted by Gasteiger charge is 1.99. The van der Waals surface area contributed by atoms with E-state index >= 15 is 0 Å². The number of carbonyl (C=O) groups excluding carboxylic acids is 1. The Bertz CT molecular complexity index is 323. The van der Waals surface area contributed by atoms with Gasteiger partial charge in [0.25, 0.3) is 0 Å². The number of ketones is 1. The van der Waals surface area contributed by atoms with Crippen LogP contribution in [0.2, 0.25) is 0 Å². The molecule has 0 saturated heterocycles. The quantitative estimate of drug-likeness (QED) is 0.681. The average molecular weight is 190 g/mol. The van der Waals surface area contributed by atoms with Gasteiger partial charge in [0.2, 0.25) is 0 Å². The van der Waals surface area contributed by atoms with Crippen LogP contribution in [0.4, 0.5) is 0 Å². The Morgan fingerprint density at radius 2 is 2.00 bits per heavy atom. The van der Waals surface area contributed by atoms with E-state index in [0.29, 0.717) is 6.42 Å². The van der Waals surface area contributed by atoms with Crippen molar-refractivity contribution < 1.29 is 9.53 Å². The highest BCUT2D eigenvalue weighted by Crippen LogP contribution is 2.11. The fraction of sp³-hybridized carbons (Fsp3) is 0.250. The van der Waals surface area contributed by atoms with Gasteiger partial charge in [-0.3, -0.25) is 4.79 Å². The van der Waals surface area contributed by atoms with Crippen LogP contribution in [0.1, 0.15) is 12.5 Å². The molecule has 0 aliphatic heterocycles. The van der Waals surface area contributed by atoms with Crippen molar-refractivity contribution in [2.75, 3.05) is 7.11 Å². The first-order valence-corrected chi connectivity index (χ1v) is 4.54. The molecule has 0 aliphatic carbocycles. The highest BCUT2D eigenvalue weighted by molar-refractivity contribution is 5.91. The van der Waals surface area contributed by atoms with Crippen LogP contribution in [0, 0.1) is 0 Å². The summed E-state index contributed by atoms with van der Waals surface area (Å²) in [4.78, 5) is 11.2. The van der Waals surface area contributed by atoms with Crippen molar-refractivity contribution in [2.45, 2.75) is 13.3 Å². The van der Waals surface area contributed by atoms with Gasteiger partial charge in [0.05, 0.1) is 7.11 Å². The van der Waals surface area contributed by atoms with Crippen molar-refractivity contribution in [3.8, 4) is 5.75 Å². The van der Waals surface area contributed by atoms with Crippen molar-refractivity contribution >= 4 is 5.78 Å². The summed E-state index contributed by atoms with van der Waals surface area (Å²) in [5.41, 5.74) is 1.01. The fourth-order valence-corrected chi connectivity index (χ4v) is 1.19. The van der Waals surface area contributed by atoms with Gasteiger partial charge in [-0.15, -0.1) is 0 Å². The third-order valence-electron chi connectivity index (χ3n) is 1.89. The van der Waals surface area contributed by atoms with E-state index in [-0.39, 0.29) is 5.78 Å². The van der Waals surface area contributed by atoms with Crippen molar-refractivity contribution in [3.63, 3.8) is 0 Å². The number of hydrogen-bond donors (Lipinski definition) is 0. The van der Waals surface area contributed by atoms with Crippen LogP contribution in [0.25, 0.3) is 0 Å². The molecule has 0 radical (unpaired) electrons. The standard InChI is InChI=1S/C12H14O2/c1-3-4-11(13)9-10-5-7-12(14-2)8-6-10/h3-8H,9H2,1-2H3/b4-3+. The van der Waals surface area contributed by atoms with Gasteiger partial charge in [-0.2, -0.15) is 0 Å². The lowest BCUT2D eigenvalue weighted by molar-refractivity contribution is -0.114. The van der Waals surface area contributed by atoms with Gasteiger partial charge in [-0.25, -0.2) is 0 Å². The second-order valence-corrected chi connectivity index (χ2v) is 2.99. The van der Waals surface area contributed by atoms with E-state index in [4.69, 9.17) is 4.74 Å². The third-order valence-corrected chi connectivity index (χ3v) is 1.89. The Hall–Kier alpha value is -1.57. The zero-order chi connectivity index (χ0) is 10.4. The van der Waals surface area contributed by atoms with E-state index in [1.54, 1.807) is 19.3 Å². The SMILES string of the molecule is C/C=C/C(=O)Cc1ccc(OC)cc1. The van der Waals surface area contributed by atoms with Crippen LogP contribution in [0.3, 0.4) is 0 Å². The van der Waals surface area contributed by atoms with Crippen LogP contribution in [-0.2, 0) is 11.2 Å². The molecular weight excluding hydrogens is 176 g/mol. The molecule has 0 fully saturated rings. The molecule has 14 heavy (non-hydrogen) atoms.